The van der Waals surface area contributed by atoms with Crippen molar-refractivity contribution in [3.05, 3.63) is 23.8 Å². The molecule has 0 aromatic heterocycles. The highest BCUT2D eigenvalue weighted by Gasteiger charge is 2.36. The van der Waals surface area contributed by atoms with Gasteiger partial charge in [0.15, 0.2) is 0 Å². The molecule has 1 heterocycles. The van der Waals surface area contributed by atoms with Crippen LogP contribution < -0.4 is 10.6 Å². The second-order valence-corrected chi connectivity index (χ2v) is 7.05. The minimum Gasteiger partial charge on any atom is -0.378 e. The number of hydrogen-bond acceptors (Lipinski definition) is 3. The summed E-state index contributed by atoms with van der Waals surface area (Å²) in [5.41, 5.74) is 2.00. The topological polar surface area (TPSA) is 50.4 Å². The van der Waals surface area contributed by atoms with Crippen LogP contribution in [-0.2, 0) is 4.74 Å². The molecule has 0 radical (unpaired) electrons. The summed E-state index contributed by atoms with van der Waals surface area (Å²) in [6.45, 7) is 2.80. The molecular formula is C17H24N2O2S. The summed E-state index contributed by atoms with van der Waals surface area (Å²) in [6, 6.07) is 6.12. The number of carbonyl (C=O) groups excluding carboxylic acids is 1. The van der Waals surface area contributed by atoms with E-state index >= 15 is 0 Å². The molecule has 2 aliphatic rings. The molecule has 1 saturated heterocycles. The molecule has 22 heavy (non-hydrogen) atoms. The number of ether oxygens (including phenoxy) is 1. The first kappa shape index (κ1) is 15.7. The number of anilines is 1. The first-order valence-corrected chi connectivity index (χ1v) is 9.22. The van der Waals surface area contributed by atoms with Crippen molar-refractivity contribution >= 4 is 23.5 Å². The molecule has 120 valence electrons. The average Bonchev–Trinajstić information content (AvgIpc) is 3.34. The standard InChI is InChI=1S/C17H24N2O2S/c1-11-14(4-3-5-16(11)22-2)19-17(20)18-13-8-9-21-15(10-13)12-6-7-12/h3-5,12-13,15H,6-10H2,1-2H3,(H2,18,19,20). The molecule has 1 aromatic rings. The van der Waals surface area contributed by atoms with Crippen LogP contribution in [0.15, 0.2) is 23.1 Å². The van der Waals surface area contributed by atoms with Crippen LogP contribution in [0, 0.1) is 12.8 Å². The molecule has 0 bridgehead atoms. The number of rotatable bonds is 4. The Morgan fingerprint density at radius 1 is 1.32 bits per heavy atom. The Morgan fingerprint density at radius 3 is 2.86 bits per heavy atom. The molecular weight excluding hydrogens is 296 g/mol. The van der Waals surface area contributed by atoms with Crippen molar-refractivity contribution in [2.75, 3.05) is 18.2 Å². The zero-order valence-corrected chi connectivity index (χ0v) is 14.0. The van der Waals surface area contributed by atoms with Gasteiger partial charge in [-0.1, -0.05) is 6.07 Å². The van der Waals surface area contributed by atoms with Gasteiger partial charge < -0.3 is 15.4 Å². The molecule has 3 rings (SSSR count). The summed E-state index contributed by atoms with van der Waals surface area (Å²) in [4.78, 5) is 13.4. The van der Waals surface area contributed by atoms with E-state index in [1.54, 1.807) is 11.8 Å². The summed E-state index contributed by atoms with van der Waals surface area (Å²) in [5, 5.41) is 6.10. The Bertz CT molecular complexity index is 545. The van der Waals surface area contributed by atoms with Gasteiger partial charge in [-0.15, -0.1) is 11.8 Å². The molecule has 2 unspecified atom stereocenters. The Labute approximate surface area is 136 Å². The number of carbonyl (C=O) groups is 1. The Balaban J connectivity index is 1.56. The van der Waals surface area contributed by atoms with Crippen molar-refractivity contribution in [2.45, 2.75) is 49.6 Å². The van der Waals surface area contributed by atoms with E-state index in [4.69, 9.17) is 4.74 Å². The molecule has 1 aliphatic carbocycles. The fourth-order valence-corrected chi connectivity index (χ4v) is 3.70. The van der Waals surface area contributed by atoms with Gasteiger partial charge in [-0.2, -0.15) is 0 Å². The lowest BCUT2D eigenvalue weighted by Gasteiger charge is -2.30. The molecule has 2 N–H and O–H groups in total. The fraction of sp³-hybridized carbons (Fsp3) is 0.588. The molecule has 1 saturated carbocycles. The smallest absolute Gasteiger partial charge is 0.319 e. The first-order valence-electron chi connectivity index (χ1n) is 8.00. The molecule has 0 spiro atoms. The Hall–Kier alpha value is -1.20. The lowest BCUT2D eigenvalue weighted by atomic mass is 10.0. The van der Waals surface area contributed by atoms with Crippen LogP contribution in [0.25, 0.3) is 0 Å². The number of urea groups is 1. The third-order valence-electron chi connectivity index (χ3n) is 4.55. The van der Waals surface area contributed by atoms with Gasteiger partial charge in [0, 0.05) is 23.2 Å². The van der Waals surface area contributed by atoms with Crippen molar-refractivity contribution in [1.29, 1.82) is 0 Å². The van der Waals surface area contributed by atoms with Crippen molar-refractivity contribution in [3.8, 4) is 0 Å². The van der Waals surface area contributed by atoms with Crippen LogP contribution in [-0.4, -0.2) is 31.0 Å². The van der Waals surface area contributed by atoms with Gasteiger partial charge in [0.05, 0.1) is 6.10 Å². The van der Waals surface area contributed by atoms with Crippen LogP contribution in [0.4, 0.5) is 10.5 Å². The number of amides is 2. The maximum absolute atomic E-state index is 12.3. The van der Waals surface area contributed by atoms with E-state index in [1.807, 2.05) is 25.3 Å². The van der Waals surface area contributed by atoms with Crippen LogP contribution in [0.2, 0.25) is 0 Å². The lowest BCUT2D eigenvalue weighted by Crippen LogP contribution is -2.44. The van der Waals surface area contributed by atoms with Gasteiger partial charge >= 0.3 is 6.03 Å². The highest BCUT2D eigenvalue weighted by Crippen LogP contribution is 2.38. The van der Waals surface area contributed by atoms with Gasteiger partial charge in [0.25, 0.3) is 0 Å². The first-order chi connectivity index (χ1) is 10.7. The van der Waals surface area contributed by atoms with Gasteiger partial charge in [0.1, 0.15) is 0 Å². The number of thioether (sulfide) groups is 1. The van der Waals surface area contributed by atoms with E-state index in [-0.39, 0.29) is 12.1 Å². The molecule has 1 aliphatic heterocycles. The third kappa shape index (κ3) is 3.76. The molecule has 2 amide bonds. The van der Waals surface area contributed by atoms with Crippen LogP contribution in [0.5, 0.6) is 0 Å². The minimum atomic E-state index is -0.109. The lowest BCUT2D eigenvalue weighted by molar-refractivity contribution is -0.00889. The van der Waals surface area contributed by atoms with Crippen LogP contribution >= 0.6 is 11.8 Å². The molecule has 2 atom stereocenters. The summed E-state index contributed by atoms with van der Waals surface area (Å²) < 4.78 is 5.81. The Kier molecular flexibility index (Phi) is 4.93. The third-order valence-corrected chi connectivity index (χ3v) is 5.43. The highest BCUT2D eigenvalue weighted by molar-refractivity contribution is 7.98. The van der Waals surface area contributed by atoms with Crippen LogP contribution in [0.3, 0.4) is 0 Å². The number of hydrogen-bond donors (Lipinski definition) is 2. The quantitative estimate of drug-likeness (QED) is 0.830. The largest absolute Gasteiger partial charge is 0.378 e. The number of benzene rings is 1. The second kappa shape index (κ2) is 6.92. The van der Waals surface area contributed by atoms with Gasteiger partial charge in [-0.05, 0) is 62.5 Å². The monoisotopic (exact) mass is 320 g/mol. The van der Waals surface area contributed by atoms with E-state index in [0.717, 1.165) is 36.6 Å². The normalized spacial score (nSPS) is 24.8. The van der Waals surface area contributed by atoms with Crippen LogP contribution in [0.1, 0.15) is 31.2 Å². The maximum atomic E-state index is 12.3. The summed E-state index contributed by atoms with van der Waals surface area (Å²) in [7, 11) is 0. The van der Waals surface area contributed by atoms with Crippen molar-refractivity contribution in [1.82, 2.24) is 5.32 Å². The Morgan fingerprint density at radius 2 is 2.14 bits per heavy atom. The molecule has 5 heteroatoms. The van der Waals surface area contributed by atoms with E-state index < -0.39 is 0 Å². The minimum absolute atomic E-state index is 0.109. The summed E-state index contributed by atoms with van der Waals surface area (Å²) in [5.74, 6) is 0.730. The SMILES string of the molecule is CSc1cccc(NC(=O)NC2CCOC(C3CC3)C2)c1C. The zero-order chi connectivity index (χ0) is 15.5. The second-order valence-electron chi connectivity index (χ2n) is 6.20. The van der Waals surface area contributed by atoms with Gasteiger partial charge in [-0.3, -0.25) is 0 Å². The van der Waals surface area contributed by atoms with E-state index in [9.17, 15) is 4.79 Å². The summed E-state index contributed by atoms with van der Waals surface area (Å²) >= 11 is 1.69. The summed E-state index contributed by atoms with van der Waals surface area (Å²) in [6.07, 6.45) is 6.81. The van der Waals surface area contributed by atoms with Gasteiger partial charge in [-0.25, -0.2) is 4.79 Å². The predicted molar refractivity (Wildman–Crippen MR) is 90.6 cm³/mol. The van der Waals surface area contributed by atoms with E-state index in [1.165, 1.54) is 17.7 Å². The fourth-order valence-electron chi connectivity index (χ4n) is 3.07. The van der Waals surface area contributed by atoms with E-state index in [0.29, 0.717) is 6.10 Å². The zero-order valence-electron chi connectivity index (χ0n) is 13.2. The highest BCUT2D eigenvalue weighted by atomic mass is 32.2. The van der Waals surface area contributed by atoms with Gasteiger partial charge in [0.2, 0.25) is 0 Å². The van der Waals surface area contributed by atoms with Crippen molar-refractivity contribution < 1.29 is 9.53 Å². The van der Waals surface area contributed by atoms with Crippen molar-refractivity contribution in [3.63, 3.8) is 0 Å². The average molecular weight is 320 g/mol. The molecule has 2 fully saturated rings. The predicted octanol–water partition coefficient (Wildman–Crippen LogP) is 3.80. The maximum Gasteiger partial charge on any atom is 0.319 e. The molecule has 1 aromatic carbocycles. The molecule has 4 nitrogen and oxygen atoms in total. The van der Waals surface area contributed by atoms with Crippen molar-refractivity contribution in [2.24, 2.45) is 5.92 Å². The van der Waals surface area contributed by atoms with E-state index in [2.05, 4.69) is 16.7 Å². The number of nitrogens with one attached hydrogen (secondary N) is 2.